The van der Waals surface area contributed by atoms with Gasteiger partial charge in [-0.15, -0.1) is 27.8 Å². The molecule has 0 saturated heterocycles. The van der Waals surface area contributed by atoms with E-state index in [0.29, 0.717) is 20.6 Å². The molecule has 0 N–H and O–H groups in total. The van der Waals surface area contributed by atoms with Crippen molar-refractivity contribution in [3.63, 3.8) is 0 Å². The summed E-state index contributed by atoms with van der Waals surface area (Å²) < 4.78 is 0. The van der Waals surface area contributed by atoms with Crippen LogP contribution in [0.3, 0.4) is 0 Å². The van der Waals surface area contributed by atoms with Gasteiger partial charge in [0.05, 0.1) is 15.5 Å². The molecule has 8 heteroatoms. The maximum Gasteiger partial charge on any atom is 6.00 e. The fourth-order valence-corrected chi connectivity index (χ4v) is 43.1. The van der Waals surface area contributed by atoms with E-state index in [0.717, 1.165) is 12.8 Å². The molecule has 0 spiro atoms. The van der Waals surface area contributed by atoms with Crippen LogP contribution in [0.5, 0.6) is 0 Å². The van der Waals surface area contributed by atoms with E-state index in [4.69, 9.17) is 0 Å². The minimum Gasteiger partial charge on any atom is -1.00 e. The van der Waals surface area contributed by atoms with E-state index >= 15 is 0 Å². The Labute approximate surface area is 336 Å². The topological polar surface area (TPSA) is 0 Å². The second kappa shape index (κ2) is 29.5. The monoisotopic (exact) mass is 828 g/mol. The first-order valence-electron chi connectivity index (χ1n) is 13.1. The number of rotatable bonds is 4. The van der Waals surface area contributed by atoms with Crippen molar-refractivity contribution in [2.24, 2.45) is 0 Å². The van der Waals surface area contributed by atoms with Crippen LogP contribution < -0.4 is 24.8 Å². The zero-order valence-corrected chi connectivity index (χ0v) is 43.0. The molecule has 0 saturated carbocycles. The molecule has 276 valence electrons. The maximum atomic E-state index is 3.61. The van der Waals surface area contributed by atoms with E-state index in [1.54, 1.807) is 10.4 Å². The van der Waals surface area contributed by atoms with E-state index in [1.807, 2.05) is 0 Å². The van der Waals surface area contributed by atoms with Gasteiger partial charge in [-0.1, -0.05) is 109 Å². The third-order valence-electron chi connectivity index (χ3n) is 6.51. The van der Waals surface area contributed by atoms with Crippen molar-refractivity contribution in [2.45, 2.75) is 143 Å². The van der Waals surface area contributed by atoms with Crippen LogP contribution in [-0.2, 0) is 34.7 Å². The van der Waals surface area contributed by atoms with Crippen LogP contribution in [-0.4, -0.2) is 36.1 Å². The van der Waals surface area contributed by atoms with Crippen LogP contribution in [0.25, 0.3) is 0 Å². The van der Waals surface area contributed by atoms with Crippen molar-refractivity contribution >= 4 is 30.4 Å². The molecule has 0 heterocycles. The summed E-state index contributed by atoms with van der Waals surface area (Å²) in [6.07, 6.45) is 18.5. The van der Waals surface area contributed by atoms with Crippen LogP contribution in [0.15, 0.2) is 34.7 Å². The third-order valence-corrected chi connectivity index (χ3v) is 33.6. The molecule has 46 heavy (non-hydrogen) atoms. The first-order chi connectivity index (χ1) is 14.9. The van der Waals surface area contributed by atoms with E-state index in [-0.39, 0.29) is 134 Å². The average molecular weight is 830 g/mol. The molecule has 2 aliphatic carbocycles. The fourth-order valence-electron chi connectivity index (χ4n) is 7.26. The van der Waals surface area contributed by atoms with Crippen LogP contribution >= 0.6 is 14.9 Å². The van der Waals surface area contributed by atoms with Gasteiger partial charge < -0.3 is 84.2 Å². The summed E-state index contributed by atoms with van der Waals surface area (Å²) in [7, 11) is -2.79. The Morgan fingerprint density at radius 2 is 0.630 bits per heavy atom. The van der Waals surface area contributed by atoms with Crippen molar-refractivity contribution in [1.29, 1.82) is 0 Å². The predicted molar refractivity (Wildman–Crippen MR) is 220 cm³/mol. The number of halogens is 2. The standard InChI is InChI=1S/2C15H28PSi.8CH3.2ClH.2Cr/c2*1-14(2,3)16(15(4,5)6)17(7,8)13-11-9-10-12-13;;;;;;;;;;;;/h2*9,11H,10H2,1-8H3;8*1H3;2*1H;;/q10*-1;;;2*+6/p-2. The normalized spacial score (nSPS) is 13.2. The molecule has 0 aromatic carbocycles. The number of allylic oxidation sites excluding steroid dienone is 8. The largest absolute Gasteiger partial charge is 6.00 e. The summed E-state index contributed by atoms with van der Waals surface area (Å²) in [4.78, 5) is 0. The second-order valence-electron chi connectivity index (χ2n) is 14.9. The van der Waals surface area contributed by atoms with Gasteiger partial charge in [0, 0.05) is 0 Å². The molecular formula is C38H80Cl2Cr2P2Si2. The van der Waals surface area contributed by atoms with E-state index in [2.05, 4.69) is 146 Å². The number of hydrogen-bond acceptors (Lipinski definition) is 0. The van der Waals surface area contributed by atoms with Crippen molar-refractivity contribution < 1.29 is 59.5 Å². The molecule has 0 aromatic heterocycles. The van der Waals surface area contributed by atoms with Crippen LogP contribution in [0.2, 0.25) is 26.2 Å². The summed E-state index contributed by atoms with van der Waals surface area (Å²) in [6, 6.07) is 0. The van der Waals surface area contributed by atoms with E-state index < -0.39 is 15.5 Å². The molecule has 0 fully saturated rings. The summed E-state index contributed by atoms with van der Waals surface area (Å²) in [5.41, 5.74) is 0. The zero-order chi connectivity index (χ0) is 27.0. The molecule has 2 aliphatic rings. The Kier molecular flexibility index (Phi) is 52.4. The van der Waals surface area contributed by atoms with E-state index in [1.165, 1.54) is 0 Å². The number of hydrogen-bond donors (Lipinski definition) is 0. The molecule has 0 amide bonds. The zero-order valence-electron chi connectivity index (χ0n) is 35.2. The molecule has 0 atom stereocenters. The van der Waals surface area contributed by atoms with Gasteiger partial charge in [-0.05, 0) is 20.6 Å². The van der Waals surface area contributed by atoms with Crippen LogP contribution in [0.1, 0.15) is 95.9 Å². The van der Waals surface area contributed by atoms with Gasteiger partial charge in [-0.2, -0.15) is 12.2 Å². The van der Waals surface area contributed by atoms with E-state index in [9.17, 15) is 0 Å². The Hall–Kier alpha value is 1.90. The summed E-state index contributed by atoms with van der Waals surface area (Å²) >= 11 is 0. The smallest absolute Gasteiger partial charge is 1.00 e. The quantitative estimate of drug-likeness (QED) is 0.151. The first kappa shape index (κ1) is 81.8. The van der Waals surface area contributed by atoms with Crippen molar-refractivity contribution in [1.82, 2.24) is 0 Å². The molecular weight excluding hydrogens is 749 g/mol. The SMILES string of the molecule is CC(C)(C)P(C(C)(C)C)[Si](C)(C)C1=[C-]CC=C1.CC(C)(C)P(C(C)(C)C)[Si](C)(C)C1=[C-]CC=C1.[CH3-].[CH3-].[CH3-].[CH3-].[CH3-].[CH3-].[CH3-].[CH3-].[Cl-].[Cl-].[Cr+6].[Cr+6]. The first-order valence-corrected chi connectivity index (χ1v) is 23.5. The molecule has 0 radical (unpaired) electrons. The van der Waals surface area contributed by atoms with Crippen LogP contribution in [0.4, 0.5) is 0 Å². The molecule has 0 bridgehead atoms. The van der Waals surface area contributed by atoms with Gasteiger partial charge in [-0.3, -0.25) is 12.2 Å². The molecule has 0 aromatic rings. The minimum absolute atomic E-state index is 0. The summed E-state index contributed by atoms with van der Waals surface area (Å²) in [5, 5.41) is 4.83. The van der Waals surface area contributed by atoms with Gasteiger partial charge in [0.1, 0.15) is 0 Å². The predicted octanol–water partition coefficient (Wildman–Crippen LogP) is 8.60. The van der Waals surface area contributed by atoms with Gasteiger partial charge in [0.2, 0.25) is 0 Å². The Morgan fingerprint density at radius 1 is 0.457 bits per heavy atom. The average Bonchev–Trinajstić information content (AvgIpc) is 3.24. The van der Waals surface area contributed by atoms with Crippen LogP contribution in [0, 0.1) is 71.6 Å². The molecule has 0 aliphatic heterocycles. The molecule has 0 nitrogen and oxygen atoms in total. The van der Waals surface area contributed by atoms with Gasteiger partial charge in [0.25, 0.3) is 0 Å². The van der Waals surface area contributed by atoms with Crippen molar-refractivity contribution in [3.8, 4) is 0 Å². The Balaban J connectivity index is -0.0000000399. The Morgan fingerprint density at radius 3 is 0.739 bits per heavy atom. The van der Waals surface area contributed by atoms with Crippen molar-refractivity contribution in [3.05, 3.63) is 106 Å². The summed E-state index contributed by atoms with van der Waals surface area (Å²) in [6.45, 7) is 39.3. The second-order valence-corrected chi connectivity index (χ2v) is 38.3. The molecule has 2 rings (SSSR count). The summed E-state index contributed by atoms with van der Waals surface area (Å²) in [5.74, 6) is 0. The fraction of sp³-hybridized carbons (Fsp3) is 0.579. The maximum absolute atomic E-state index is 3.61. The minimum atomic E-state index is -1.39. The van der Waals surface area contributed by atoms with Gasteiger partial charge in [0.15, 0.2) is 0 Å². The Bertz CT molecular complexity index is 741. The van der Waals surface area contributed by atoms with Crippen molar-refractivity contribution in [2.75, 3.05) is 0 Å². The molecule has 0 unspecified atom stereocenters. The van der Waals surface area contributed by atoms with Gasteiger partial charge in [-0.25, -0.2) is 22.5 Å². The third kappa shape index (κ3) is 22.7. The van der Waals surface area contributed by atoms with Gasteiger partial charge >= 0.3 is 34.7 Å².